The number of hydrogen-bond acceptors (Lipinski definition) is 7. The molecular weight excluding hydrogens is 509 g/mol. The monoisotopic (exact) mass is 565 g/mol. The molecule has 38 heavy (non-hydrogen) atoms. The molecule has 1 rings (SSSR count). The Kier molecular flexibility index (Phi) is 20.4. The molecule has 0 aromatic carbocycles. The van der Waals surface area contributed by atoms with Crippen molar-refractivity contribution in [2.45, 2.75) is 90.6 Å². The van der Waals surface area contributed by atoms with Gasteiger partial charge >= 0.3 is 13.8 Å². The van der Waals surface area contributed by atoms with E-state index < -0.39 is 7.67 Å². The van der Waals surface area contributed by atoms with E-state index in [0.717, 1.165) is 25.7 Å². The highest BCUT2D eigenvalue weighted by atomic mass is 31.2. The van der Waals surface area contributed by atoms with Gasteiger partial charge in [0.15, 0.2) is 0 Å². The maximum Gasteiger partial charge on any atom is 0.409 e. The molecule has 0 bridgehead atoms. The predicted molar refractivity (Wildman–Crippen MR) is 152 cm³/mol. The molecule has 10 nitrogen and oxygen atoms in total. The Balaban J connectivity index is 2.54. The van der Waals surface area contributed by atoms with Gasteiger partial charge < -0.3 is 28.7 Å². The molecule has 1 aliphatic rings. The fourth-order valence-corrected chi connectivity index (χ4v) is 6.54. The maximum absolute atomic E-state index is 14.2. The zero-order valence-electron chi connectivity index (χ0n) is 24.6. The van der Waals surface area contributed by atoms with Crippen molar-refractivity contribution in [3.8, 4) is 0 Å². The minimum absolute atomic E-state index is 0.0141. The third-order valence-corrected chi connectivity index (χ3v) is 9.43. The molecule has 0 spiro atoms. The standard InChI is InChI=1S/C27H56N3O7P/c1-5-7-9-11-13-15-26(14-12-10-8-6-2)37-38(33,28(3)4)30-18-16-29(17-19-30)27(32)36-25-24-35-23-22-34-21-20-31/h26,31H,5-25H2,1-4H3. The minimum Gasteiger partial charge on any atom is -0.447 e. The van der Waals surface area contributed by atoms with Crippen LogP contribution in [0.25, 0.3) is 0 Å². The number of aliphatic hydroxyl groups is 1. The summed E-state index contributed by atoms with van der Waals surface area (Å²) >= 11 is 0. The lowest BCUT2D eigenvalue weighted by Gasteiger charge is -2.41. The molecule has 226 valence electrons. The summed E-state index contributed by atoms with van der Waals surface area (Å²) in [5.41, 5.74) is 0. The first-order valence-electron chi connectivity index (χ1n) is 14.8. The molecule has 1 heterocycles. The maximum atomic E-state index is 14.2. The van der Waals surface area contributed by atoms with Gasteiger partial charge in [-0.25, -0.2) is 14.1 Å². The number of hydrogen-bond donors (Lipinski definition) is 1. The zero-order chi connectivity index (χ0) is 28.1. The van der Waals surface area contributed by atoms with Crippen LogP contribution in [-0.2, 0) is 23.3 Å². The van der Waals surface area contributed by atoms with Crippen LogP contribution in [0.5, 0.6) is 0 Å². The van der Waals surface area contributed by atoms with E-state index in [1.807, 2.05) is 18.8 Å². The Morgan fingerprint density at radius 2 is 1.34 bits per heavy atom. The highest BCUT2D eigenvalue weighted by molar-refractivity contribution is 7.53. The Bertz CT molecular complexity index is 634. The van der Waals surface area contributed by atoms with Crippen molar-refractivity contribution in [2.24, 2.45) is 0 Å². The number of nitrogens with zero attached hydrogens (tertiary/aromatic N) is 3. The van der Waals surface area contributed by atoms with E-state index in [2.05, 4.69) is 13.8 Å². The second-order valence-corrected chi connectivity index (χ2v) is 12.7. The normalized spacial score (nSPS) is 17.1. The van der Waals surface area contributed by atoms with Gasteiger partial charge in [0.25, 0.3) is 0 Å². The van der Waals surface area contributed by atoms with Gasteiger partial charge in [0.2, 0.25) is 0 Å². The first kappa shape index (κ1) is 35.3. The van der Waals surface area contributed by atoms with E-state index in [4.69, 9.17) is 23.8 Å². The Hall–Kier alpha value is -0.740. The summed E-state index contributed by atoms with van der Waals surface area (Å²) in [7, 11) is 0.452. The van der Waals surface area contributed by atoms with E-state index in [1.165, 1.54) is 44.9 Å². The van der Waals surface area contributed by atoms with Crippen LogP contribution in [-0.4, -0.2) is 111 Å². The van der Waals surface area contributed by atoms with Crippen LogP contribution < -0.4 is 0 Å². The average Bonchev–Trinajstić information content (AvgIpc) is 2.92. The highest BCUT2D eigenvalue weighted by Gasteiger charge is 2.39. The van der Waals surface area contributed by atoms with Crippen LogP contribution in [0, 0.1) is 0 Å². The number of ether oxygens (including phenoxy) is 3. The Labute approximate surface area is 231 Å². The van der Waals surface area contributed by atoms with Crippen molar-refractivity contribution < 1.29 is 33.2 Å². The van der Waals surface area contributed by atoms with Crippen molar-refractivity contribution >= 4 is 13.8 Å². The third kappa shape index (κ3) is 14.6. The number of carbonyl (C=O) groups excluding carboxylic acids is 1. The Morgan fingerprint density at radius 1 is 0.816 bits per heavy atom. The third-order valence-electron chi connectivity index (χ3n) is 6.73. The second kappa shape index (κ2) is 22.0. The van der Waals surface area contributed by atoms with Gasteiger partial charge in [-0.05, 0) is 26.9 Å². The second-order valence-electron chi connectivity index (χ2n) is 10.1. The molecule has 1 N–H and O–H groups in total. The number of piperazine rings is 1. The fraction of sp³-hybridized carbons (Fsp3) is 0.963. The number of carbonyl (C=O) groups is 1. The van der Waals surface area contributed by atoms with Gasteiger partial charge in [-0.3, -0.25) is 4.57 Å². The average molecular weight is 566 g/mol. The van der Waals surface area contributed by atoms with Crippen molar-refractivity contribution in [1.29, 1.82) is 0 Å². The summed E-state index contributed by atoms with van der Waals surface area (Å²) in [6.45, 7) is 7.76. The summed E-state index contributed by atoms with van der Waals surface area (Å²) in [4.78, 5) is 14.1. The quantitative estimate of drug-likeness (QED) is 0.133. The molecule has 11 heteroatoms. The topological polar surface area (TPSA) is 101 Å². The van der Waals surface area contributed by atoms with Gasteiger partial charge in [0.05, 0.1) is 39.1 Å². The van der Waals surface area contributed by atoms with E-state index in [0.29, 0.717) is 39.4 Å². The molecule has 0 saturated carbocycles. The van der Waals surface area contributed by atoms with Gasteiger partial charge in [0, 0.05) is 26.2 Å². The number of unbranched alkanes of at least 4 members (excludes halogenated alkanes) is 7. The molecule has 0 aliphatic carbocycles. The summed E-state index contributed by atoms with van der Waals surface area (Å²) in [6, 6.07) is 0. The first-order chi connectivity index (χ1) is 18.4. The van der Waals surface area contributed by atoms with Crippen LogP contribution in [0.1, 0.15) is 84.5 Å². The molecule has 0 aromatic heterocycles. The fourth-order valence-electron chi connectivity index (χ4n) is 4.43. The first-order valence-corrected chi connectivity index (χ1v) is 16.3. The van der Waals surface area contributed by atoms with Crippen molar-refractivity contribution in [1.82, 2.24) is 14.2 Å². The lowest BCUT2D eigenvalue weighted by Crippen LogP contribution is -2.49. The molecule has 1 aliphatic heterocycles. The van der Waals surface area contributed by atoms with Crippen molar-refractivity contribution in [3.63, 3.8) is 0 Å². The van der Waals surface area contributed by atoms with Crippen LogP contribution in [0.15, 0.2) is 0 Å². The van der Waals surface area contributed by atoms with E-state index in [1.54, 1.807) is 9.57 Å². The number of amides is 1. The highest BCUT2D eigenvalue weighted by Crippen LogP contribution is 2.54. The summed E-state index contributed by atoms with van der Waals surface area (Å²) in [5.74, 6) is 0. The van der Waals surface area contributed by atoms with Crippen LogP contribution in [0.2, 0.25) is 0 Å². The molecule has 1 fully saturated rings. The smallest absolute Gasteiger partial charge is 0.409 e. The zero-order valence-corrected chi connectivity index (χ0v) is 25.5. The largest absolute Gasteiger partial charge is 0.447 e. The summed E-state index contributed by atoms with van der Waals surface area (Å²) in [5, 5.41) is 8.66. The van der Waals surface area contributed by atoms with Crippen LogP contribution in [0.4, 0.5) is 4.79 Å². The molecule has 0 radical (unpaired) electrons. The van der Waals surface area contributed by atoms with E-state index in [-0.39, 0.29) is 38.6 Å². The summed E-state index contributed by atoms with van der Waals surface area (Å²) in [6.07, 6.45) is 12.2. The molecule has 1 saturated heterocycles. The predicted octanol–water partition coefficient (Wildman–Crippen LogP) is 5.15. The number of rotatable bonds is 23. The van der Waals surface area contributed by atoms with Gasteiger partial charge in [0.1, 0.15) is 6.61 Å². The van der Waals surface area contributed by atoms with E-state index in [9.17, 15) is 9.36 Å². The van der Waals surface area contributed by atoms with Gasteiger partial charge in [-0.2, -0.15) is 0 Å². The van der Waals surface area contributed by atoms with Crippen molar-refractivity contribution in [3.05, 3.63) is 0 Å². The van der Waals surface area contributed by atoms with E-state index >= 15 is 0 Å². The molecule has 2 unspecified atom stereocenters. The lowest BCUT2D eigenvalue weighted by molar-refractivity contribution is 0.0125. The lowest BCUT2D eigenvalue weighted by atomic mass is 10.0. The Morgan fingerprint density at radius 3 is 1.89 bits per heavy atom. The molecule has 2 atom stereocenters. The molecular formula is C27H56N3O7P. The minimum atomic E-state index is -3.20. The van der Waals surface area contributed by atoms with Crippen LogP contribution in [0.3, 0.4) is 0 Å². The van der Waals surface area contributed by atoms with Crippen molar-refractivity contribution in [2.75, 3.05) is 79.9 Å². The van der Waals surface area contributed by atoms with Crippen LogP contribution >= 0.6 is 7.67 Å². The van der Waals surface area contributed by atoms with Gasteiger partial charge in [-0.1, -0.05) is 71.6 Å². The molecule has 1 amide bonds. The number of aliphatic hydroxyl groups excluding tert-OH is 1. The summed E-state index contributed by atoms with van der Waals surface area (Å²) < 4.78 is 40.1. The molecule has 0 aromatic rings. The SMILES string of the molecule is CCCCCCCC(CCCCCC)OP(=O)(N(C)C)N1CCN(C(=O)OCCOCCOCCO)CC1. The van der Waals surface area contributed by atoms with Gasteiger partial charge in [-0.15, -0.1) is 0 Å².